The number of halogens is 1. The molecule has 9 nitrogen and oxygen atoms in total. The number of hydrogen-bond acceptors (Lipinski definition) is 6. The van der Waals surface area contributed by atoms with Crippen molar-refractivity contribution in [3.05, 3.63) is 80.5 Å². The first kappa shape index (κ1) is 18.6. The van der Waals surface area contributed by atoms with Gasteiger partial charge >= 0.3 is 0 Å². The van der Waals surface area contributed by atoms with Crippen LogP contribution in [0.5, 0.6) is 0 Å². The Morgan fingerprint density at radius 1 is 1.28 bits per heavy atom. The number of aromatic nitrogens is 3. The summed E-state index contributed by atoms with van der Waals surface area (Å²) >= 11 is 6.00. The second-order valence-electron chi connectivity index (χ2n) is 6.49. The van der Waals surface area contributed by atoms with Crippen molar-refractivity contribution in [2.45, 2.75) is 13.0 Å². The summed E-state index contributed by atoms with van der Waals surface area (Å²) in [6, 6.07) is 12.4. The van der Waals surface area contributed by atoms with E-state index in [1.165, 1.54) is 12.1 Å². The van der Waals surface area contributed by atoms with Gasteiger partial charge in [0.25, 0.3) is 5.69 Å². The molecule has 3 N–H and O–H groups in total. The van der Waals surface area contributed by atoms with Crippen molar-refractivity contribution < 1.29 is 9.72 Å². The number of rotatable bonds is 4. The van der Waals surface area contributed by atoms with Crippen LogP contribution in [0.25, 0.3) is 11.4 Å². The summed E-state index contributed by atoms with van der Waals surface area (Å²) in [6.07, 6.45) is 0. The van der Waals surface area contributed by atoms with Crippen LogP contribution in [0.4, 0.5) is 11.6 Å². The highest BCUT2D eigenvalue weighted by molar-refractivity contribution is 6.30. The summed E-state index contributed by atoms with van der Waals surface area (Å²) in [6.45, 7) is 1.73. The van der Waals surface area contributed by atoms with Crippen LogP contribution in [0.2, 0.25) is 5.02 Å². The van der Waals surface area contributed by atoms with Gasteiger partial charge in [-0.25, -0.2) is 4.68 Å². The molecule has 0 bridgehead atoms. The highest BCUT2D eigenvalue weighted by atomic mass is 35.5. The number of amides is 1. The molecule has 0 aliphatic carbocycles. The fourth-order valence-corrected chi connectivity index (χ4v) is 3.43. The van der Waals surface area contributed by atoms with Gasteiger partial charge in [0.1, 0.15) is 6.04 Å². The van der Waals surface area contributed by atoms with E-state index in [-0.39, 0.29) is 11.5 Å². The number of hydrogen-bond donors (Lipinski definition) is 2. The van der Waals surface area contributed by atoms with Gasteiger partial charge in [0.2, 0.25) is 11.9 Å². The highest BCUT2D eigenvalue weighted by Gasteiger charge is 2.33. The third-order valence-corrected chi connectivity index (χ3v) is 4.87. The number of non-ortho nitro benzene ring substituents is 1. The van der Waals surface area contributed by atoms with Crippen LogP contribution >= 0.6 is 11.6 Å². The molecule has 29 heavy (non-hydrogen) atoms. The number of anilines is 1. The van der Waals surface area contributed by atoms with Crippen molar-refractivity contribution in [2.75, 3.05) is 5.32 Å². The molecule has 1 unspecified atom stereocenters. The van der Waals surface area contributed by atoms with Gasteiger partial charge in [0.05, 0.1) is 10.5 Å². The van der Waals surface area contributed by atoms with Crippen molar-refractivity contribution >= 4 is 29.1 Å². The van der Waals surface area contributed by atoms with Crippen molar-refractivity contribution in [3.8, 4) is 11.4 Å². The SMILES string of the molecule is CC1=C(C(N)=O)C(c2ccc(Cl)cc2)n2nc(-c3cccc([N+](=O)[O-])c3)nc2N1. The molecule has 2 heterocycles. The van der Waals surface area contributed by atoms with E-state index in [1.54, 1.807) is 48.0 Å². The summed E-state index contributed by atoms with van der Waals surface area (Å²) in [7, 11) is 0. The van der Waals surface area contributed by atoms with Gasteiger partial charge in [-0.1, -0.05) is 35.9 Å². The standard InChI is InChI=1S/C19H15ClN6O3/c1-10-15(17(21)27)16(11-5-7-13(20)8-6-11)25-19(22-10)23-18(24-25)12-3-2-4-14(9-12)26(28)29/h2-9,16H,1H3,(H2,21,27)(H,22,23,24). The minimum atomic E-state index is -0.610. The lowest BCUT2D eigenvalue weighted by molar-refractivity contribution is -0.384. The number of fused-ring (bicyclic) bond motifs is 1. The number of nitro groups is 1. The lowest BCUT2D eigenvalue weighted by Gasteiger charge is -2.27. The Bertz CT molecular complexity index is 1170. The minimum absolute atomic E-state index is 0.0652. The van der Waals surface area contributed by atoms with E-state index < -0.39 is 16.9 Å². The molecular formula is C19H15ClN6O3. The molecule has 10 heteroatoms. The van der Waals surface area contributed by atoms with Crippen LogP contribution in [-0.2, 0) is 4.79 Å². The van der Waals surface area contributed by atoms with Gasteiger partial charge in [-0.2, -0.15) is 4.98 Å². The summed E-state index contributed by atoms with van der Waals surface area (Å²) in [5, 5.41) is 19.2. The van der Waals surface area contributed by atoms with E-state index in [0.29, 0.717) is 27.8 Å². The molecule has 4 rings (SSSR count). The highest BCUT2D eigenvalue weighted by Crippen LogP contribution is 2.36. The van der Waals surface area contributed by atoms with Crippen LogP contribution < -0.4 is 11.1 Å². The molecule has 0 radical (unpaired) electrons. The van der Waals surface area contributed by atoms with Crippen molar-refractivity contribution in [3.63, 3.8) is 0 Å². The monoisotopic (exact) mass is 410 g/mol. The Morgan fingerprint density at radius 3 is 2.66 bits per heavy atom. The van der Waals surface area contributed by atoms with E-state index in [1.807, 2.05) is 0 Å². The van der Waals surface area contributed by atoms with E-state index in [9.17, 15) is 14.9 Å². The number of primary amides is 1. The Labute approximate surface area is 170 Å². The van der Waals surface area contributed by atoms with Gasteiger partial charge in [-0.3, -0.25) is 14.9 Å². The van der Waals surface area contributed by atoms with E-state index in [2.05, 4.69) is 15.4 Å². The zero-order valence-electron chi connectivity index (χ0n) is 15.2. The van der Waals surface area contributed by atoms with E-state index in [4.69, 9.17) is 17.3 Å². The topological polar surface area (TPSA) is 129 Å². The molecule has 0 spiro atoms. The average Bonchev–Trinajstić information content (AvgIpc) is 3.11. The smallest absolute Gasteiger partial charge is 0.270 e. The molecule has 1 aliphatic rings. The second kappa shape index (κ2) is 7.02. The van der Waals surface area contributed by atoms with Gasteiger partial charge in [-0.15, -0.1) is 5.10 Å². The molecule has 1 aromatic heterocycles. The van der Waals surface area contributed by atoms with Crippen molar-refractivity contribution in [2.24, 2.45) is 5.73 Å². The first-order valence-corrected chi connectivity index (χ1v) is 8.97. The molecule has 0 saturated heterocycles. The largest absolute Gasteiger partial charge is 0.366 e. The number of nitrogens with two attached hydrogens (primary N) is 1. The average molecular weight is 411 g/mol. The molecule has 0 fully saturated rings. The number of carbonyl (C=O) groups excluding carboxylic acids is 1. The normalized spacial score (nSPS) is 15.6. The fraction of sp³-hybridized carbons (Fsp3) is 0.105. The summed E-state index contributed by atoms with van der Waals surface area (Å²) < 4.78 is 1.55. The maximum Gasteiger partial charge on any atom is 0.270 e. The van der Waals surface area contributed by atoms with Gasteiger partial charge in [0.15, 0.2) is 5.82 Å². The maximum absolute atomic E-state index is 12.2. The maximum atomic E-state index is 12.2. The molecule has 1 amide bonds. The Balaban J connectivity index is 1.86. The number of carbonyl (C=O) groups is 1. The fourth-order valence-electron chi connectivity index (χ4n) is 3.30. The third-order valence-electron chi connectivity index (χ3n) is 4.62. The van der Waals surface area contributed by atoms with Gasteiger partial charge in [0, 0.05) is 28.4 Å². The van der Waals surface area contributed by atoms with Gasteiger partial charge < -0.3 is 11.1 Å². The molecule has 2 aromatic carbocycles. The zero-order valence-corrected chi connectivity index (χ0v) is 15.9. The molecule has 0 saturated carbocycles. The minimum Gasteiger partial charge on any atom is -0.366 e. The van der Waals surface area contributed by atoms with Crippen molar-refractivity contribution in [1.82, 2.24) is 14.8 Å². The Hall–Kier alpha value is -3.72. The molecule has 1 atom stereocenters. The quantitative estimate of drug-likeness (QED) is 0.501. The predicted molar refractivity (Wildman–Crippen MR) is 107 cm³/mol. The van der Waals surface area contributed by atoms with Crippen molar-refractivity contribution in [1.29, 1.82) is 0 Å². The first-order chi connectivity index (χ1) is 13.8. The lowest BCUT2D eigenvalue weighted by atomic mass is 9.95. The second-order valence-corrected chi connectivity index (χ2v) is 6.93. The third kappa shape index (κ3) is 3.32. The van der Waals surface area contributed by atoms with Crippen LogP contribution in [0.3, 0.4) is 0 Å². The molecule has 146 valence electrons. The van der Waals surface area contributed by atoms with Gasteiger partial charge in [-0.05, 0) is 24.6 Å². The van der Waals surface area contributed by atoms with E-state index in [0.717, 1.165) is 5.56 Å². The number of nitrogens with one attached hydrogen (secondary N) is 1. The summed E-state index contributed by atoms with van der Waals surface area (Å²) in [5.41, 5.74) is 7.71. The number of nitro benzene ring substituents is 1. The lowest BCUT2D eigenvalue weighted by Crippen LogP contribution is -2.31. The van der Waals surface area contributed by atoms with Crippen LogP contribution in [-0.4, -0.2) is 25.6 Å². The summed E-state index contributed by atoms with van der Waals surface area (Å²) in [4.78, 5) is 27.3. The van der Waals surface area contributed by atoms with Crippen LogP contribution in [0.1, 0.15) is 18.5 Å². The number of nitrogens with zero attached hydrogens (tertiary/aromatic N) is 4. The zero-order chi connectivity index (χ0) is 20.7. The number of allylic oxidation sites excluding steroid dienone is 1. The Morgan fingerprint density at radius 2 is 2.00 bits per heavy atom. The predicted octanol–water partition coefficient (Wildman–Crippen LogP) is 3.28. The molecule has 1 aliphatic heterocycles. The van der Waals surface area contributed by atoms with Crippen LogP contribution in [0.15, 0.2) is 59.8 Å². The first-order valence-electron chi connectivity index (χ1n) is 8.59. The molecule has 3 aromatic rings. The summed E-state index contributed by atoms with van der Waals surface area (Å²) in [5.74, 6) is 0.0932. The van der Waals surface area contributed by atoms with E-state index >= 15 is 0 Å². The molecular weight excluding hydrogens is 396 g/mol. The number of benzene rings is 2. The Kier molecular flexibility index (Phi) is 4.51. The van der Waals surface area contributed by atoms with Crippen LogP contribution in [0, 0.1) is 10.1 Å².